The Kier molecular flexibility index (Phi) is 2.00. The third kappa shape index (κ3) is 1.36. The van der Waals surface area contributed by atoms with E-state index in [1.54, 1.807) is 0 Å². The Balaban J connectivity index is 3.29. The van der Waals surface area contributed by atoms with E-state index in [0.29, 0.717) is 5.49 Å². The minimum atomic E-state index is -1.04. The fourth-order valence-corrected chi connectivity index (χ4v) is 0.746. The molecule has 0 fully saturated rings. The van der Waals surface area contributed by atoms with Crippen LogP contribution in [0.15, 0.2) is 23.4 Å². The van der Waals surface area contributed by atoms with Crippen LogP contribution in [0, 0.1) is 0 Å². The van der Waals surface area contributed by atoms with Gasteiger partial charge in [0.2, 0.25) is 0 Å². The van der Waals surface area contributed by atoms with E-state index in [-0.39, 0.29) is 5.56 Å². The number of nitrogens with zero attached hydrogens (tertiary/aromatic N) is 2. The van der Waals surface area contributed by atoms with E-state index in [1.807, 2.05) is 0 Å². The molecule has 12 heavy (non-hydrogen) atoms. The lowest BCUT2D eigenvalue weighted by Gasteiger charge is -1.99. The number of carboxylic acid groups (broad SMARTS) is 1. The Hall–Kier alpha value is -1.98. The lowest BCUT2D eigenvalue weighted by molar-refractivity contribution is 0.0696. The van der Waals surface area contributed by atoms with Crippen molar-refractivity contribution in [2.75, 3.05) is 5.84 Å². The van der Waals surface area contributed by atoms with E-state index in [0.717, 1.165) is 4.68 Å². The number of nitrogen functional groups attached to an aromatic ring is 1. The molecule has 5 N–H and O–H groups in total. The van der Waals surface area contributed by atoms with Crippen molar-refractivity contribution in [2.24, 2.45) is 10.9 Å². The molecular formula is C6H8N4O2. The van der Waals surface area contributed by atoms with Crippen LogP contribution in [0.4, 0.5) is 0 Å². The predicted molar refractivity (Wildman–Crippen MR) is 41.3 cm³/mol. The first-order valence-electron chi connectivity index (χ1n) is 3.10. The summed E-state index contributed by atoms with van der Waals surface area (Å²) in [6.07, 6.45) is 1.23. The van der Waals surface area contributed by atoms with E-state index in [1.165, 1.54) is 18.3 Å². The second-order valence-corrected chi connectivity index (χ2v) is 2.12. The number of nitrogens with two attached hydrogens (primary N) is 2. The van der Waals surface area contributed by atoms with Crippen LogP contribution >= 0.6 is 0 Å². The Labute approximate surface area is 67.7 Å². The average molecular weight is 168 g/mol. The number of pyridine rings is 1. The number of aromatic nitrogens is 1. The standard InChI is InChI=1S/C6H8N4O2/c7-9-5-2-1-4(6(11)12)3-10(5)8/h1-3H,7-8H2,(H,11,12)/b9-5-. The van der Waals surface area contributed by atoms with Crippen LogP contribution in [0.2, 0.25) is 0 Å². The topological polar surface area (TPSA) is 107 Å². The van der Waals surface area contributed by atoms with Gasteiger partial charge in [-0.25, -0.2) is 4.79 Å². The largest absolute Gasteiger partial charge is 0.478 e. The van der Waals surface area contributed by atoms with Gasteiger partial charge in [-0.1, -0.05) is 0 Å². The van der Waals surface area contributed by atoms with Gasteiger partial charge in [0.25, 0.3) is 0 Å². The highest BCUT2D eigenvalue weighted by molar-refractivity contribution is 5.87. The summed E-state index contributed by atoms with van der Waals surface area (Å²) in [7, 11) is 0. The van der Waals surface area contributed by atoms with Crippen LogP contribution in [0.3, 0.4) is 0 Å². The van der Waals surface area contributed by atoms with E-state index < -0.39 is 5.97 Å². The summed E-state index contributed by atoms with van der Waals surface area (Å²) in [5.74, 6) is 9.26. The number of aromatic carboxylic acids is 1. The first-order valence-corrected chi connectivity index (χ1v) is 3.10. The summed E-state index contributed by atoms with van der Waals surface area (Å²) in [5, 5.41) is 11.9. The predicted octanol–water partition coefficient (Wildman–Crippen LogP) is -1.33. The SMILES string of the molecule is N/N=c1/ccc(C(=O)O)cn1N. The van der Waals surface area contributed by atoms with Gasteiger partial charge >= 0.3 is 5.97 Å². The molecule has 0 spiro atoms. The molecule has 0 radical (unpaired) electrons. The van der Waals surface area contributed by atoms with Crippen LogP contribution in [0.5, 0.6) is 0 Å². The van der Waals surface area contributed by atoms with Gasteiger partial charge in [-0.15, -0.1) is 0 Å². The Morgan fingerprint density at radius 3 is 2.67 bits per heavy atom. The highest BCUT2D eigenvalue weighted by Gasteiger charge is 2.01. The van der Waals surface area contributed by atoms with Crippen molar-refractivity contribution in [2.45, 2.75) is 0 Å². The molecule has 0 aliphatic rings. The summed E-state index contributed by atoms with van der Waals surface area (Å²) in [6.45, 7) is 0. The molecule has 0 amide bonds. The van der Waals surface area contributed by atoms with E-state index in [9.17, 15) is 4.79 Å². The maximum absolute atomic E-state index is 10.4. The van der Waals surface area contributed by atoms with E-state index >= 15 is 0 Å². The zero-order valence-electron chi connectivity index (χ0n) is 6.14. The summed E-state index contributed by atoms with van der Waals surface area (Å²) < 4.78 is 1.05. The van der Waals surface area contributed by atoms with Gasteiger partial charge in [-0.3, -0.25) is 4.68 Å². The van der Waals surface area contributed by atoms with Crippen molar-refractivity contribution in [3.8, 4) is 0 Å². The normalized spacial score (nSPS) is 11.5. The highest BCUT2D eigenvalue weighted by Crippen LogP contribution is 1.92. The minimum Gasteiger partial charge on any atom is -0.478 e. The minimum absolute atomic E-state index is 0.0879. The quantitative estimate of drug-likeness (QED) is 0.357. The first-order chi connectivity index (χ1) is 5.65. The van der Waals surface area contributed by atoms with Crippen LogP contribution in [0.25, 0.3) is 0 Å². The van der Waals surface area contributed by atoms with Gasteiger partial charge in [0.1, 0.15) is 0 Å². The average Bonchev–Trinajstić information content (AvgIpc) is 2.04. The van der Waals surface area contributed by atoms with Crippen LogP contribution in [-0.2, 0) is 0 Å². The molecular weight excluding hydrogens is 160 g/mol. The third-order valence-corrected chi connectivity index (χ3v) is 1.33. The molecule has 0 aliphatic carbocycles. The Morgan fingerprint density at radius 2 is 2.25 bits per heavy atom. The molecule has 1 heterocycles. The smallest absolute Gasteiger partial charge is 0.337 e. The van der Waals surface area contributed by atoms with Gasteiger partial charge in [0.05, 0.1) is 5.56 Å². The fourth-order valence-electron chi connectivity index (χ4n) is 0.746. The molecule has 1 aromatic rings. The van der Waals surface area contributed by atoms with Crippen molar-refractivity contribution in [1.29, 1.82) is 0 Å². The zero-order valence-corrected chi connectivity index (χ0v) is 6.14. The molecule has 0 aromatic carbocycles. The van der Waals surface area contributed by atoms with Gasteiger partial charge < -0.3 is 16.8 Å². The number of carboxylic acids is 1. The lowest BCUT2D eigenvalue weighted by Crippen LogP contribution is -2.29. The van der Waals surface area contributed by atoms with Crippen molar-refractivity contribution in [1.82, 2.24) is 4.68 Å². The van der Waals surface area contributed by atoms with Gasteiger partial charge in [0, 0.05) is 6.20 Å². The summed E-state index contributed by atoms with van der Waals surface area (Å²) in [4.78, 5) is 10.4. The molecule has 1 aromatic heterocycles. The molecule has 0 aliphatic heterocycles. The van der Waals surface area contributed by atoms with Crippen molar-refractivity contribution in [3.63, 3.8) is 0 Å². The molecule has 6 heteroatoms. The van der Waals surface area contributed by atoms with Crippen molar-refractivity contribution in [3.05, 3.63) is 29.4 Å². The van der Waals surface area contributed by atoms with Crippen molar-refractivity contribution < 1.29 is 9.90 Å². The molecule has 6 nitrogen and oxygen atoms in total. The number of carbonyl (C=O) groups is 1. The summed E-state index contributed by atoms with van der Waals surface area (Å²) >= 11 is 0. The fraction of sp³-hybridized carbons (Fsp3) is 0. The van der Waals surface area contributed by atoms with E-state index in [4.69, 9.17) is 16.8 Å². The first kappa shape index (κ1) is 8.12. The molecule has 0 bridgehead atoms. The van der Waals surface area contributed by atoms with Crippen LogP contribution in [0.1, 0.15) is 10.4 Å². The summed E-state index contributed by atoms with van der Waals surface area (Å²) in [6, 6.07) is 2.79. The maximum Gasteiger partial charge on any atom is 0.337 e. The lowest BCUT2D eigenvalue weighted by atomic mass is 10.3. The van der Waals surface area contributed by atoms with Crippen LogP contribution < -0.4 is 17.2 Å². The molecule has 0 atom stereocenters. The molecule has 64 valence electrons. The van der Waals surface area contributed by atoms with E-state index in [2.05, 4.69) is 5.10 Å². The highest BCUT2D eigenvalue weighted by atomic mass is 16.4. The molecule has 0 unspecified atom stereocenters. The van der Waals surface area contributed by atoms with Gasteiger partial charge in [0.15, 0.2) is 5.49 Å². The number of hydrogen-bond donors (Lipinski definition) is 3. The molecule has 1 rings (SSSR count). The third-order valence-electron chi connectivity index (χ3n) is 1.33. The van der Waals surface area contributed by atoms with Crippen molar-refractivity contribution >= 4 is 5.97 Å². The van der Waals surface area contributed by atoms with Gasteiger partial charge in [-0.2, -0.15) is 5.10 Å². The second-order valence-electron chi connectivity index (χ2n) is 2.12. The molecule has 0 saturated carbocycles. The molecule has 0 saturated heterocycles. The maximum atomic E-state index is 10.4. The Morgan fingerprint density at radius 1 is 1.58 bits per heavy atom. The van der Waals surface area contributed by atoms with Gasteiger partial charge in [-0.05, 0) is 12.1 Å². The second kappa shape index (κ2) is 2.95. The number of rotatable bonds is 1. The number of hydrogen-bond acceptors (Lipinski definition) is 4. The summed E-state index contributed by atoms with van der Waals surface area (Å²) in [5.41, 5.74) is 0.393. The monoisotopic (exact) mass is 168 g/mol. The Bertz CT molecular complexity index is 368. The van der Waals surface area contributed by atoms with Crippen LogP contribution in [-0.4, -0.2) is 15.8 Å². The zero-order chi connectivity index (χ0) is 9.14.